The van der Waals surface area contributed by atoms with Crippen LogP contribution >= 0.6 is 0 Å². The van der Waals surface area contributed by atoms with Crippen molar-refractivity contribution in [3.63, 3.8) is 0 Å². The first-order chi connectivity index (χ1) is 11.4. The summed E-state index contributed by atoms with van der Waals surface area (Å²) in [5, 5.41) is 21.0. The van der Waals surface area contributed by atoms with Crippen LogP contribution in [0.25, 0.3) is 0 Å². The zero-order chi connectivity index (χ0) is 17.6. The van der Waals surface area contributed by atoms with Crippen LogP contribution in [0.15, 0.2) is 24.3 Å². The molecule has 1 aliphatic carbocycles. The fourth-order valence-electron chi connectivity index (χ4n) is 2.88. The molecule has 6 heteroatoms. The molecule has 0 saturated heterocycles. The molecule has 0 aromatic heterocycles. The lowest BCUT2D eigenvalue weighted by Crippen LogP contribution is -2.52. The van der Waals surface area contributed by atoms with Gasteiger partial charge in [0.15, 0.2) is 6.10 Å². The molecule has 0 spiro atoms. The minimum atomic E-state index is -0.898. The van der Waals surface area contributed by atoms with Crippen molar-refractivity contribution in [2.45, 2.75) is 57.1 Å². The van der Waals surface area contributed by atoms with E-state index in [9.17, 15) is 14.9 Å². The van der Waals surface area contributed by atoms with E-state index >= 15 is 0 Å². The number of carbonyl (C=O) groups excluding carboxylic acids is 1. The van der Waals surface area contributed by atoms with Crippen molar-refractivity contribution in [2.24, 2.45) is 0 Å². The van der Waals surface area contributed by atoms with Crippen LogP contribution in [0.4, 0.5) is 0 Å². The fourth-order valence-corrected chi connectivity index (χ4v) is 2.88. The van der Waals surface area contributed by atoms with Crippen LogP contribution < -0.4 is 10.1 Å². The van der Waals surface area contributed by atoms with E-state index < -0.39 is 17.6 Å². The summed E-state index contributed by atoms with van der Waals surface area (Å²) in [4.78, 5) is 23.0. The zero-order valence-electron chi connectivity index (χ0n) is 13.7. The lowest BCUT2D eigenvalue weighted by atomic mass is 9.83. The molecule has 2 rings (SSSR count). The van der Waals surface area contributed by atoms with E-state index in [1.54, 1.807) is 31.2 Å². The van der Waals surface area contributed by atoms with Gasteiger partial charge in [-0.15, -0.1) is 0 Å². The smallest absolute Gasteiger partial charge is 0.307 e. The Labute approximate surface area is 141 Å². The van der Waals surface area contributed by atoms with Crippen molar-refractivity contribution in [3.05, 3.63) is 29.8 Å². The SMILES string of the molecule is CC(Oc1ccc(CC(=O)O)cc1)C(=O)NC1(C#N)CCCCC1. The lowest BCUT2D eigenvalue weighted by Gasteiger charge is -2.32. The number of amides is 1. The molecule has 0 heterocycles. The normalized spacial score (nSPS) is 17.3. The van der Waals surface area contributed by atoms with Gasteiger partial charge in [-0.2, -0.15) is 5.26 Å². The van der Waals surface area contributed by atoms with Crippen molar-refractivity contribution in [1.29, 1.82) is 5.26 Å². The molecule has 6 nitrogen and oxygen atoms in total. The first-order valence-corrected chi connectivity index (χ1v) is 8.15. The average molecular weight is 330 g/mol. The van der Waals surface area contributed by atoms with Crippen LogP contribution in [-0.4, -0.2) is 28.6 Å². The average Bonchev–Trinajstić information content (AvgIpc) is 2.57. The second-order valence-electron chi connectivity index (χ2n) is 6.22. The number of carbonyl (C=O) groups is 2. The zero-order valence-corrected chi connectivity index (χ0v) is 13.7. The molecule has 0 radical (unpaired) electrons. The summed E-state index contributed by atoms with van der Waals surface area (Å²) < 4.78 is 5.60. The summed E-state index contributed by atoms with van der Waals surface area (Å²) in [6.07, 6.45) is 3.53. The van der Waals surface area contributed by atoms with E-state index in [0.29, 0.717) is 24.2 Å². The van der Waals surface area contributed by atoms with Gasteiger partial charge in [0.25, 0.3) is 5.91 Å². The second-order valence-corrected chi connectivity index (χ2v) is 6.22. The Morgan fingerprint density at radius 3 is 2.46 bits per heavy atom. The van der Waals surface area contributed by atoms with Gasteiger partial charge in [0.1, 0.15) is 11.3 Å². The summed E-state index contributed by atoms with van der Waals surface area (Å²) in [6, 6.07) is 8.85. The minimum absolute atomic E-state index is 0.0546. The van der Waals surface area contributed by atoms with Gasteiger partial charge in [0.05, 0.1) is 12.5 Å². The van der Waals surface area contributed by atoms with Crippen LogP contribution in [0.1, 0.15) is 44.6 Å². The third kappa shape index (κ3) is 4.72. The number of rotatable bonds is 6. The van der Waals surface area contributed by atoms with Crippen LogP contribution in [0.3, 0.4) is 0 Å². The predicted molar refractivity (Wildman–Crippen MR) is 87.4 cm³/mol. The number of hydrogen-bond donors (Lipinski definition) is 2. The third-order valence-corrected chi connectivity index (χ3v) is 4.24. The summed E-state index contributed by atoms with van der Waals surface area (Å²) in [7, 11) is 0. The van der Waals surface area contributed by atoms with E-state index in [0.717, 1.165) is 19.3 Å². The van der Waals surface area contributed by atoms with Gasteiger partial charge in [0.2, 0.25) is 0 Å². The highest BCUT2D eigenvalue weighted by atomic mass is 16.5. The molecular weight excluding hydrogens is 308 g/mol. The summed E-state index contributed by atoms with van der Waals surface area (Å²) in [6.45, 7) is 1.63. The first-order valence-electron chi connectivity index (χ1n) is 8.15. The molecule has 128 valence electrons. The molecule has 1 unspecified atom stereocenters. The maximum atomic E-state index is 12.3. The van der Waals surface area contributed by atoms with Crippen molar-refractivity contribution >= 4 is 11.9 Å². The third-order valence-electron chi connectivity index (χ3n) is 4.24. The second kappa shape index (κ2) is 7.82. The van der Waals surface area contributed by atoms with Gasteiger partial charge in [0, 0.05) is 0 Å². The highest BCUT2D eigenvalue weighted by Gasteiger charge is 2.35. The van der Waals surface area contributed by atoms with Gasteiger partial charge < -0.3 is 15.2 Å². The number of hydrogen-bond acceptors (Lipinski definition) is 4. The summed E-state index contributed by atoms with van der Waals surface area (Å²) in [5.74, 6) is -0.722. The van der Waals surface area contributed by atoms with E-state index in [1.165, 1.54) is 0 Å². The van der Waals surface area contributed by atoms with E-state index in [1.807, 2.05) is 0 Å². The number of carboxylic acid groups (broad SMARTS) is 1. The first kappa shape index (κ1) is 17.8. The number of nitrogens with one attached hydrogen (secondary N) is 1. The largest absolute Gasteiger partial charge is 0.481 e. The number of nitrogens with zero attached hydrogens (tertiary/aromatic N) is 1. The van der Waals surface area contributed by atoms with Gasteiger partial charge in [-0.25, -0.2) is 0 Å². The van der Waals surface area contributed by atoms with Crippen molar-refractivity contribution < 1.29 is 19.4 Å². The molecule has 0 bridgehead atoms. The molecule has 0 aliphatic heterocycles. The van der Waals surface area contributed by atoms with Crippen molar-refractivity contribution in [1.82, 2.24) is 5.32 Å². The number of ether oxygens (including phenoxy) is 1. The molecule has 1 aromatic rings. The topological polar surface area (TPSA) is 99.4 Å². The van der Waals surface area contributed by atoms with E-state index in [-0.39, 0.29) is 12.3 Å². The summed E-state index contributed by atoms with van der Waals surface area (Å²) in [5.41, 5.74) is -0.115. The molecule has 1 atom stereocenters. The van der Waals surface area contributed by atoms with Gasteiger partial charge in [-0.3, -0.25) is 9.59 Å². The number of benzene rings is 1. The van der Waals surface area contributed by atoms with Crippen molar-refractivity contribution in [3.8, 4) is 11.8 Å². The monoisotopic (exact) mass is 330 g/mol. The minimum Gasteiger partial charge on any atom is -0.481 e. The molecule has 1 fully saturated rings. The summed E-state index contributed by atoms with van der Waals surface area (Å²) >= 11 is 0. The maximum Gasteiger partial charge on any atom is 0.307 e. The quantitative estimate of drug-likeness (QED) is 0.834. The van der Waals surface area contributed by atoms with Crippen LogP contribution in [0.5, 0.6) is 5.75 Å². The highest BCUT2D eigenvalue weighted by Crippen LogP contribution is 2.27. The molecule has 1 aromatic carbocycles. The maximum absolute atomic E-state index is 12.3. The number of aliphatic carboxylic acids is 1. The molecular formula is C18H22N2O4. The Morgan fingerprint density at radius 1 is 1.29 bits per heavy atom. The molecule has 1 saturated carbocycles. The molecule has 1 amide bonds. The Kier molecular flexibility index (Phi) is 5.80. The van der Waals surface area contributed by atoms with Gasteiger partial charge in [-0.05, 0) is 37.5 Å². The van der Waals surface area contributed by atoms with Crippen molar-refractivity contribution in [2.75, 3.05) is 0 Å². The van der Waals surface area contributed by atoms with Crippen LogP contribution in [0.2, 0.25) is 0 Å². The Balaban J connectivity index is 1.93. The van der Waals surface area contributed by atoms with E-state index in [4.69, 9.17) is 9.84 Å². The van der Waals surface area contributed by atoms with Gasteiger partial charge >= 0.3 is 5.97 Å². The standard InChI is InChI=1S/C18H22N2O4/c1-13(17(23)20-18(12-19)9-3-2-4-10-18)24-15-7-5-14(6-8-15)11-16(21)22/h5-8,13H,2-4,9-11H2,1H3,(H,20,23)(H,21,22). The fraction of sp³-hybridized carbons (Fsp3) is 0.500. The Bertz CT molecular complexity index is 627. The van der Waals surface area contributed by atoms with E-state index in [2.05, 4.69) is 11.4 Å². The number of carboxylic acids is 1. The Hall–Kier alpha value is -2.55. The van der Waals surface area contributed by atoms with Crippen LogP contribution in [-0.2, 0) is 16.0 Å². The Morgan fingerprint density at radius 2 is 1.92 bits per heavy atom. The lowest BCUT2D eigenvalue weighted by molar-refractivity contribution is -0.136. The predicted octanol–water partition coefficient (Wildman–Crippen LogP) is 2.42. The molecule has 24 heavy (non-hydrogen) atoms. The van der Waals surface area contributed by atoms with Gasteiger partial charge in [-0.1, -0.05) is 31.4 Å². The molecule has 2 N–H and O–H groups in total. The highest BCUT2D eigenvalue weighted by molar-refractivity contribution is 5.82. The molecule has 1 aliphatic rings. The van der Waals surface area contributed by atoms with Crippen LogP contribution in [0, 0.1) is 11.3 Å². The number of nitriles is 1.